The van der Waals surface area contributed by atoms with Crippen molar-refractivity contribution < 1.29 is 14.6 Å². The van der Waals surface area contributed by atoms with Crippen LogP contribution in [0.5, 0.6) is 5.75 Å². The van der Waals surface area contributed by atoms with Gasteiger partial charge in [0.15, 0.2) is 0 Å². The summed E-state index contributed by atoms with van der Waals surface area (Å²) in [5, 5.41) is 13.4. The van der Waals surface area contributed by atoms with E-state index < -0.39 is 6.10 Å². The summed E-state index contributed by atoms with van der Waals surface area (Å²) in [6, 6.07) is 5.79. The Balaban J connectivity index is 2.37. The summed E-state index contributed by atoms with van der Waals surface area (Å²) in [6.07, 6.45) is -0.592. The predicted octanol–water partition coefficient (Wildman–Crippen LogP) is 2.22. The van der Waals surface area contributed by atoms with Crippen molar-refractivity contribution in [3.63, 3.8) is 0 Å². The standard InChI is InChI=1S/C16H25NO3/c1-12(2)11-20-8-7-17-10-15(18)14-9-13(3)5-6-16(14)19-4/h5-6,9,15,17-18H,1,7-8,10-11H2,2-4H3. The second-order valence-corrected chi connectivity index (χ2v) is 4.98. The Hall–Kier alpha value is -1.36. The lowest BCUT2D eigenvalue weighted by Crippen LogP contribution is -2.25. The number of methoxy groups -OCH3 is 1. The predicted molar refractivity (Wildman–Crippen MR) is 81.2 cm³/mol. The van der Waals surface area contributed by atoms with Crippen LogP contribution in [0.2, 0.25) is 0 Å². The lowest BCUT2D eigenvalue weighted by atomic mass is 10.1. The molecular formula is C16H25NO3. The molecule has 0 aliphatic heterocycles. The van der Waals surface area contributed by atoms with E-state index in [1.165, 1.54) is 0 Å². The molecule has 0 radical (unpaired) electrons. The van der Waals surface area contributed by atoms with Gasteiger partial charge in [0.2, 0.25) is 0 Å². The van der Waals surface area contributed by atoms with Gasteiger partial charge < -0.3 is 19.9 Å². The molecule has 0 saturated heterocycles. The van der Waals surface area contributed by atoms with E-state index in [9.17, 15) is 5.11 Å². The van der Waals surface area contributed by atoms with Crippen LogP contribution in [0.4, 0.5) is 0 Å². The van der Waals surface area contributed by atoms with Gasteiger partial charge in [0.25, 0.3) is 0 Å². The monoisotopic (exact) mass is 279 g/mol. The maximum absolute atomic E-state index is 10.2. The fourth-order valence-electron chi connectivity index (χ4n) is 1.85. The number of ether oxygens (including phenoxy) is 2. The maximum Gasteiger partial charge on any atom is 0.124 e. The largest absolute Gasteiger partial charge is 0.496 e. The van der Waals surface area contributed by atoms with Crippen LogP contribution in [0.15, 0.2) is 30.4 Å². The van der Waals surface area contributed by atoms with Crippen molar-refractivity contribution in [2.75, 3.05) is 33.4 Å². The number of nitrogens with one attached hydrogen (secondary N) is 1. The molecule has 0 spiro atoms. The van der Waals surface area contributed by atoms with Crippen molar-refractivity contribution >= 4 is 0 Å². The summed E-state index contributed by atoms with van der Waals surface area (Å²) in [6.45, 7) is 10.0. The van der Waals surface area contributed by atoms with E-state index >= 15 is 0 Å². The van der Waals surface area contributed by atoms with Crippen molar-refractivity contribution in [3.05, 3.63) is 41.5 Å². The van der Waals surface area contributed by atoms with Crippen LogP contribution >= 0.6 is 0 Å². The highest BCUT2D eigenvalue weighted by atomic mass is 16.5. The normalized spacial score (nSPS) is 12.2. The molecule has 0 aliphatic rings. The highest BCUT2D eigenvalue weighted by Gasteiger charge is 2.12. The molecule has 0 amide bonds. The van der Waals surface area contributed by atoms with Crippen LogP contribution in [0.1, 0.15) is 24.2 Å². The van der Waals surface area contributed by atoms with E-state index in [-0.39, 0.29) is 0 Å². The van der Waals surface area contributed by atoms with Crippen molar-refractivity contribution in [2.24, 2.45) is 0 Å². The minimum absolute atomic E-state index is 0.468. The fraction of sp³-hybridized carbons (Fsp3) is 0.500. The van der Waals surface area contributed by atoms with E-state index in [0.29, 0.717) is 32.1 Å². The molecule has 0 aromatic heterocycles. The van der Waals surface area contributed by atoms with Crippen molar-refractivity contribution in [1.29, 1.82) is 0 Å². The van der Waals surface area contributed by atoms with E-state index in [0.717, 1.165) is 16.7 Å². The lowest BCUT2D eigenvalue weighted by Gasteiger charge is -2.16. The molecule has 1 aromatic carbocycles. The average Bonchev–Trinajstić information content (AvgIpc) is 2.42. The van der Waals surface area contributed by atoms with E-state index in [2.05, 4.69) is 11.9 Å². The number of aliphatic hydroxyl groups is 1. The Morgan fingerprint density at radius 2 is 2.20 bits per heavy atom. The second kappa shape index (κ2) is 8.74. The van der Waals surface area contributed by atoms with Gasteiger partial charge >= 0.3 is 0 Å². The highest BCUT2D eigenvalue weighted by Crippen LogP contribution is 2.25. The average molecular weight is 279 g/mol. The minimum Gasteiger partial charge on any atom is -0.496 e. The highest BCUT2D eigenvalue weighted by molar-refractivity contribution is 5.38. The third-order valence-corrected chi connectivity index (χ3v) is 2.85. The summed E-state index contributed by atoms with van der Waals surface area (Å²) in [7, 11) is 1.61. The van der Waals surface area contributed by atoms with Gasteiger partial charge in [-0.3, -0.25) is 0 Å². The Morgan fingerprint density at radius 3 is 2.85 bits per heavy atom. The van der Waals surface area contributed by atoms with Gasteiger partial charge in [-0.2, -0.15) is 0 Å². The van der Waals surface area contributed by atoms with Crippen molar-refractivity contribution in [1.82, 2.24) is 5.32 Å². The SMILES string of the molecule is C=C(C)COCCNCC(O)c1cc(C)ccc1OC. The van der Waals surface area contributed by atoms with Gasteiger partial charge in [-0.25, -0.2) is 0 Å². The van der Waals surface area contributed by atoms with E-state index in [4.69, 9.17) is 9.47 Å². The van der Waals surface area contributed by atoms with Crippen LogP contribution in [-0.2, 0) is 4.74 Å². The lowest BCUT2D eigenvalue weighted by molar-refractivity contribution is 0.142. The Bertz CT molecular complexity index is 432. The van der Waals surface area contributed by atoms with Crippen LogP contribution in [0.3, 0.4) is 0 Å². The number of benzene rings is 1. The molecule has 1 aromatic rings. The first-order valence-corrected chi connectivity index (χ1v) is 6.80. The van der Waals surface area contributed by atoms with Gasteiger partial charge in [-0.15, -0.1) is 0 Å². The van der Waals surface area contributed by atoms with Gasteiger partial charge in [0.1, 0.15) is 5.75 Å². The first-order valence-electron chi connectivity index (χ1n) is 6.80. The molecule has 20 heavy (non-hydrogen) atoms. The molecule has 1 atom stereocenters. The van der Waals surface area contributed by atoms with Crippen LogP contribution in [0.25, 0.3) is 0 Å². The minimum atomic E-state index is -0.592. The van der Waals surface area contributed by atoms with Gasteiger partial charge in [0.05, 0.1) is 26.4 Å². The number of aliphatic hydroxyl groups excluding tert-OH is 1. The summed E-state index contributed by atoms with van der Waals surface area (Å²) in [5.74, 6) is 0.712. The summed E-state index contributed by atoms with van der Waals surface area (Å²) in [5.41, 5.74) is 2.92. The molecule has 4 heteroatoms. The number of hydrogen-bond donors (Lipinski definition) is 2. The second-order valence-electron chi connectivity index (χ2n) is 4.98. The first kappa shape index (κ1) is 16.7. The van der Waals surface area contributed by atoms with E-state index in [1.807, 2.05) is 32.0 Å². The number of rotatable bonds is 9. The number of hydrogen-bond acceptors (Lipinski definition) is 4. The molecule has 0 fully saturated rings. The summed E-state index contributed by atoms with van der Waals surface area (Å²) in [4.78, 5) is 0. The molecule has 1 unspecified atom stereocenters. The smallest absolute Gasteiger partial charge is 0.124 e. The topological polar surface area (TPSA) is 50.7 Å². The molecule has 2 N–H and O–H groups in total. The molecule has 0 aliphatic carbocycles. The Labute approximate surface area is 121 Å². The quantitative estimate of drug-likeness (QED) is 0.537. The van der Waals surface area contributed by atoms with Crippen LogP contribution in [0, 0.1) is 6.92 Å². The molecular weight excluding hydrogens is 254 g/mol. The third-order valence-electron chi connectivity index (χ3n) is 2.85. The molecule has 112 valence electrons. The molecule has 0 saturated carbocycles. The van der Waals surface area contributed by atoms with E-state index in [1.54, 1.807) is 7.11 Å². The third kappa shape index (κ3) is 5.74. The first-order chi connectivity index (χ1) is 9.54. The van der Waals surface area contributed by atoms with Gasteiger partial charge in [-0.05, 0) is 26.0 Å². The molecule has 4 nitrogen and oxygen atoms in total. The fourth-order valence-corrected chi connectivity index (χ4v) is 1.85. The molecule has 0 bridgehead atoms. The Kier molecular flexibility index (Phi) is 7.30. The van der Waals surface area contributed by atoms with Crippen molar-refractivity contribution in [3.8, 4) is 5.75 Å². The van der Waals surface area contributed by atoms with Crippen LogP contribution in [-0.4, -0.2) is 38.5 Å². The molecule has 1 rings (SSSR count). The zero-order chi connectivity index (χ0) is 15.0. The number of aryl methyl sites for hydroxylation is 1. The zero-order valence-electron chi connectivity index (χ0n) is 12.6. The summed E-state index contributed by atoms with van der Waals surface area (Å²) < 4.78 is 10.6. The maximum atomic E-state index is 10.2. The van der Waals surface area contributed by atoms with Crippen LogP contribution < -0.4 is 10.1 Å². The Morgan fingerprint density at radius 1 is 1.45 bits per heavy atom. The van der Waals surface area contributed by atoms with Gasteiger partial charge in [0, 0.05) is 18.7 Å². The summed E-state index contributed by atoms with van der Waals surface area (Å²) >= 11 is 0. The van der Waals surface area contributed by atoms with Gasteiger partial charge in [-0.1, -0.05) is 23.8 Å². The zero-order valence-corrected chi connectivity index (χ0v) is 12.6. The van der Waals surface area contributed by atoms with Crippen molar-refractivity contribution in [2.45, 2.75) is 20.0 Å². The molecule has 0 heterocycles.